The fourth-order valence-corrected chi connectivity index (χ4v) is 2.67. The molecular weight excluding hydrogens is 294 g/mol. The van der Waals surface area contributed by atoms with Crippen LogP contribution >= 0.6 is 0 Å². The molecule has 5 nitrogen and oxygen atoms in total. The van der Waals surface area contributed by atoms with E-state index in [0.717, 1.165) is 10.5 Å². The number of aryl methyl sites for hydroxylation is 1. The molecule has 2 aliphatic rings. The van der Waals surface area contributed by atoms with Crippen molar-refractivity contribution in [2.75, 3.05) is 31.6 Å². The maximum absolute atomic E-state index is 13.5. The lowest BCUT2D eigenvalue weighted by Crippen LogP contribution is -2.41. The van der Waals surface area contributed by atoms with Gasteiger partial charge in [-0.15, -0.1) is 0 Å². The topological polar surface area (TPSA) is 58.6 Å². The maximum Gasteiger partial charge on any atom is 0.288 e. The first kappa shape index (κ1) is 14.9. The van der Waals surface area contributed by atoms with E-state index >= 15 is 0 Å². The van der Waals surface area contributed by atoms with Crippen molar-refractivity contribution >= 4 is 17.5 Å². The molecule has 1 N–H and O–H groups in total. The number of carbonyl (C=O) groups is 2. The van der Waals surface area contributed by atoms with Crippen LogP contribution in [0.5, 0.6) is 0 Å². The molecule has 7 heteroatoms. The van der Waals surface area contributed by atoms with E-state index in [1.54, 1.807) is 18.2 Å². The molecule has 118 valence electrons. The van der Waals surface area contributed by atoms with Gasteiger partial charge in [-0.05, 0) is 30.2 Å². The molecule has 2 amide bonds. The summed E-state index contributed by atoms with van der Waals surface area (Å²) in [7, 11) is 0. The molecule has 1 saturated heterocycles. The number of nitrogens with zero attached hydrogens (tertiary/aromatic N) is 1. The summed E-state index contributed by atoms with van der Waals surface area (Å²) in [4.78, 5) is 24.9. The number of benzene rings is 1. The molecule has 0 spiro atoms. The van der Waals surface area contributed by atoms with E-state index in [0.29, 0.717) is 24.1 Å². The number of carbonyl (C=O) groups excluding carboxylic acids is 2. The first-order chi connectivity index (χ1) is 10.4. The van der Waals surface area contributed by atoms with Gasteiger partial charge >= 0.3 is 0 Å². The second kappa shape index (κ2) is 5.64. The molecule has 2 heterocycles. The van der Waals surface area contributed by atoms with E-state index in [1.807, 2.05) is 0 Å². The SMILES string of the molecule is O=C1CCc2cc(C(=O)N3CCOCC(F)(F)C3)ccc2N1. The lowest BCUT2D eigenvalue weighted by atomic mass is 10.00. The summed E-state index contributed by atoms with van der Waals surface area (Å²) < 4.78 is 31.9. The number of fused-ring (bicyclic) bond motifs is 1. The van der Waals surface area contributed by atoms with E-state index < -0.39 is 25.0 Å². The van der Waals surface area contributed by atoms with E-state index in [-0.39, 0.29) is 19.1 Å². The second-order valence-electron chi connectivity index (χ2n) is 5.56. The van der Waals surface area contributed by atoms with Crippen LogP contribution < -0.4 is 5.32 Å². The number of hydrogen-bond donors (Lipinski definition) is 1. The van der Waals surface area contributed by atoms with Crippen molar-refractivity contribution in [1.82, 2.24) is 4.90 Å². The minimum absolute atomic E-state index is 0.0594. The Morgan fingerprint density at radius 2 is 2.14 bits per heavy atom. The minimum Gasteiger partial charge on any atom is -0.373 e. The lowest BCUT2D eigenvalue weighted by molar-refractivity contribution is -0.116. The van der Waals surface area contributed by atoms with Crippen LogP contribution in [0.25, 0.3) is 0 Å². The van der Waals surface area contributed by atoms with Crippen LogP contribution in [0.1, 0.15) is 22.3 Å². The van der Waals surface area contributed by atoms with Crippen molar-refractivity contribution in [2.24, 2.45) is 0 Å². The number of halogens is 2. The average Bonchev–Trinajstić information content (AvgIpc) is 2.66. The Labute approximate surface area is 126 Å². The molecule has 1 fully saturated rings. The van der Waals surface area contributed by atoms with Gasteiger partial charge in [0.25, 0.3) is 11.8 Å². The predicted octanol–water partition coefficient (Wildman–Crippen LogP) is 1.68. The fourth-order valence-electron chi connectivity index (χ4n) is 2.67. The summed E-state index contributed by atoms with van der Waals surface area (Å²) in [5, 5.41) is 2.72. The largest absolute Gasteiger partial charge is 0.373 e. The first-order valence-electron chi connectivity index (χ1n) is 7.12. The summed E-state index contributed by atoms with van der Waals surface area (Å²) in [6, 6.07) is 4.86. The summed E-state index contributed by atoms with van der Waals surface area (Å²) in [5.41, 5.74) is 1.88. The molecule has 0 aromatic heterocycles. The quantitative estimate of drug-likeness (QED) is 0.858. The van der Waals surface area contributed by atoms with Gasteiger partial charge in [-0.2, -0.15) is 0 Å². The fraction of sp³-hybridized carbons (Fsp3) is 0.467. The number of hydrogen-bond acceptors (Lipinski definition) is 3. The molecule has 0 bridgehead atoms. The molecule has 1 aromatic carbocycles. The van der Waals surface area contributed by atoms with Crippen molar-refractivity contribution in [1.29, 1.82) is 0 Å². The van der Waals surface area contributed by atoms with Gasteiger partial charge in [-0.25, -0.2) is 8.78 Å². The molecule has 0 atom stereocenters. The van der Waals surface area contributed by atoms with Gasteiger partial charge in [0.15, 0.2) is 0 Å². The smallest absolute Gasteiger partial charge is 0.288 e. The Kier molecular flexibility index (Phi) is 3.82. The van der Waals surface area contributed by atoms with Crippen molar-refractivity contribution in [3.05, 3.63) is 29.3 Å². The van der Waals surface area contributed by atoms with Crippen molar-refractivity contribution in [2.45, 2.75) is 18.8 Å². The van der Waals surface area contributed by atoms with Gasteiger partial charge in [0, 0.05) is 24.2 Å². The third-order valence-corrected chi connectivity index (χ3v) is 3.78. The van der Waals surface area contributed by atoms with Crippen molar-refractivity contribution < 1.29 is 23.1 Å². The van der Waals surface area contributed by atoms with E-state index in [2.05, 4.69) is 5.32 Å². The predicted molar refractivity (Wildman–Crippen MR) is 75.1 cm³/mol. The summed E-state index contributed by atoms with van der Waals surface area (Å²) >= 11 is 0. The zero-order chi connectivity index (χ0) is 15.7. The van der Waals surface area contributed by atoms with Gasteiger partial charge in [0.05, 0.1) is 13.2 Å². The number of rotatable bonds is 1. The van der Waals surface area contributed by atoms with Crippen molar-refractivity contribution in [3.8, 4) is 0 Å². The highest BCUT2D eigenvalue weighted by molar-refractivity contribution is 5.98. The molecular formula is C15H16F2N2O3. The number of ether oxygens (including phenoxy) is 1. The Morgan fingerprint density at radius 3 is 2.95 bits per heavy atom. The van der Waals surface area contributed by atoms with E-state index in [1.165, 1.54) is 0 Å². The number of nitrogens with one attached hydrogen (secondary N) is 1. The monoisotopic (exact) mass is 310 g/mol. The molecule has 3 rings (SSSR count). The second-order valence-corrected chi connectivity index (χ2v) is 5.56. The van der Waals surface area contributed by atoms with Crippen LogP contribution in [0.15, 0.2) is 18.2 Å². The maximum atomic E-state index is 13.5. The summed E-state index contributed by atoms with van der Waals surface area (Å²) in [6.45, 7) is -1.06. The first-order valence-corrected chi connectivity index (χ1v) is 7.12. The molecule has 2 aliphatic heterocycles. The zero-order valence-corrected chi connectivity index (χ0v) is 11.9. The van der Waals surface area contributed by atoms with Crippen LogP contribution in [-0.2, 0) is 16.0 Å². The lowest BCUT2D eigenvalue weighted by Gasteiger charge is -2.24. The summed E-state index contributed by atoms with van der Waals surface area (Å²) in [5.74, 6) is -3.53. The third kappa shape index (κ3) is 3.09. The molecule has 0 saturated carbocycles. The van der Waals surface area contributed by atoms with Gasteiger partial charge in [0.1, 0.15) is 6.61 Å². The Bertz CT molecular complexity index is 619. The van der Waals surface area contributed by atoms with Gasteiger partial charge in [-0.3, -0.25) is 9.59 Å². The number of anilines is 1. The summed E-state index contributed by atoms with van der Waals surface area (Å²) in [6.07, 6.45) is 0.905. The number of alkyl halides is 2. The molecule has 0 aliphatic carbocycles. The standard InChI is InChI=1S/C15H16F2N2O3/c16-15(17)8-19(5-6-22-9-15)14(21)11-1-3-12-10(7-11)2-4-13(20)18-12/h1,3,7H,2,4-6,8-9H2,(H,18,20). The minimum atomic E-state index is -3.03. The van der Waals surface area contributed by atoms with Crippen molar-refractivity contribution in [3.63, 3.8) is 0 Å². The van der Waals surface area contributed by atoms with E-state index in [4.69, 9.17) is 4.74 Å². The normalized spacial score (nSPS) is 20.8. The highest BCUT2D eigenvalue weighted by atomic mass is 19.3. The third-order valence-electron chi connectivity index (χ3n) is 3.78. The zero-order valence-electron chi connectivity index (χ0n) is 11.9. The number of amides is 2. The van der Waals surface area contributed by atoms with Crippen LogP contribution in [0, 0.1) is 0 Å². The highest BCUT2D eigenvalue weighted by Gasteiger charge is 2.36. The molecule has 0 radical (unpaired) electrons. The van der Waals surface area contributed by atoms with Crippen LogP contribution in [0.3, 0.4) is 0 Å². The van der Waals surface area contributed by atoms with Gasteiger partial charge in [0.2, 0.25) is 5.91 Å². The Balaban J connectivity index is 1.81. The van der Waals surface area contributed by atoms with E-state index in [9.17, 15) is 18.4 Å². The molecule has 22 heavy (non-hydrogen) atoms. The Hall–Kier alpha value is -2.02. The van der Waals surface area contributed by atoms with Gasteiger partial charge < -0.3 is 15.0 Å². The van der Waals surface area contributed by atoms with Gasteiger partial charge in [-0.1, -0.05) is 0 Å². The van der Waals surface area contributed by atoms with Crippen LogP contribution in [0.4, 0.5) is 14.5 Å². The molecule has 1 aromatic rings. The molecule has 0 unspecified atom stereocenters. The highest BCUT2D eigenvalue weighted by Crippen LogP contribution is 2.25. The average molecular weight is 310 g/mol. The van der Waals surface area contributed by atoms with Crippen LogP contribution in [0.2, 0.25) is 0 Å². The Morgan fingerprint density at radius 1 is 1.32 bits per heavy atom. The van der Waals surface area contributed by atoms with Crippen LogP contribution in [-0.4, -0.2) is 48.9 Å².